The van der Waals surface area contributed by atoms with Crippen LogP contribution in [0.25, 0.3) is 0 Å². The van der Waals surface area contributed by atoms with Gasteiger partial charge in [-0.1, -0.05) is 101 Å². The second kappa shape index (κ2) is 18.5. The Morgan fingerprint density at radius 1 is 0.871 bits per heavy atom. The summed E-state index contributed by atoms with van der Waals surface area (Å²) in [4.78, 5) is 12.5. The van der Waals surface area contributed by atoms with E-state index in [1.54, 1.807) is 12.1 Å². The number of esters is 1. The van der Waals surface area contributed by atoms with Crippen LogP contribution >= 0.6 is 0 Å². The molecule has 0 aliphatic rings. The minimum absolute atomic E-state index is 0.290. The lowest BCUT2D eigenvalue weighted by molar-refractivity contribution is -0.0206. The van der Waals surface area contributed by atoms with Crippen molar-refractivity contribution in [2.75, 3.05) is 0 Å². The first-order valence-electron chi connectivity index (χ1n) is 12.0. The fourth-order valence-electron chi connectivity index (χ4n) is 3.37. The van der Waals surface area contributed by atoms with Gasteiger partial charge in [-0.15, -0.1) is 5.92 Å². The zero-order valence-electron chi connectivity index (χ0n) is 19.5. The lowest BCUT2D eigenvalue weighted by Crippen LogP contribution is -2.31. The first kappa shape index (κ1) is 26.8. The van der Waals surface area contributed by atoms with Crippen molar-refractivity contribution >= 4 is 5.97 Å². The van der Waals surface area contributed by atoms with Crippen LogP contribution in [0.3, 0.4) is 0 Å². The standard InChI is InChI=1S/C28H40O3/c1-3-5-7-9-11-12-13-15-20-24-27(26(29)23-19-14-10-8-6-4-2)31-28(30)25-21-17-16-18-22-25/h16-18,21-22,26-27,29H,3-5,7,9-13,15,20,23-24H2,1-2H3/t26-,27-/m1/s1. The molecule has 0 saturated heterocycles. The molecule has 31 heavy (non-hydrogen) atoms. The summed E-state index contributed by atoms with van der Waals surface area (Å²) in [5.74, 6) is 11.5. The second-order valence-corrected chi connectivity index (χ2v) is 7.94. The summed E-state index contributed by atoms with van der Waals surface area (Å²) in [6.45, 7) is 4.24. The Bertz CT molecular complexity index is 703. The van der Waals surface area contributed by atoms with Crippen LogP contribution in [0.15, 0.2) is 30.3 Å². The maximum Gasteiger partial charge on any atom is 0.338 e. The molecule has 0 fully saturated rings. The molecule has 0 aromatic heterocycles. The number of carbonyl (C=O) groups is 1. The summed E-state index contributed by atoms with van der Waals surface area (Å²) in [7, 11) is 0. The van der Waals surface area contributed by atoms with Gasteiger partial charge in [0.2, 0.25) is 0 Å². The Balaban J connectivity index is 2.48. The fourth-order valence-corrected chi connectivity index (χ4v) is 3.37. The molecule has 1 aromatic carbocycles. The minimum atomic E-state index is -0.784. The SMILES string of the molecule is CCC#CCC#CC[C@@H](O)[C@@H](CCCCCCCCCCC)OC(=O)c1ccccc1. The molecule has 1 aromatic rings. The van der Waals surface area contributed by atoms with Crippen LogP contribution in [0.4, 0.5) is 0 Å². The number of rotatable bonds is 14. The zero-order valence-corrected chi connectivity index (χ0v) is 19.5. The molecule has 3 nitrogen and oxygen atoms in total. The molecule has 0 aliphatic carbocycles. The van der Waals surface area contributed by atoms with E-state index in [0.29, 0.717) is 18.4 Å². The Morgan fingerprint density at radius 3 is 2.13 bits per heavy atom. The molecule has 0 aliphatic heterocycles. The van der Waals surface area contributed by atoms with Gasteiger partial charge in [0.15, 0.2) is 0 Å². The lowest BCUT2D eigenvalue weighted by Gasteiger charge is -2.22. The zero-order chi connectivity index (χ0) is 22.6. The average Bonchev–Trinajstić information content (AvgIpc) is 2.79. The Morgan fingerprint density at radius 2 is 1.48 bits per heavy atom. The summed E-state index contributed by atoms with van der Waals surface area (Å²) >= 11 is 0. The van der Waals surface area contributed by atoms with Crippen LogP contribution in [0.5, 0.6) is 0 Å². The van der Waals surface area contributed by atoms with Crippen LogP contribution < -0.4 is 0 Å². The van der Waals surface area contributed by atoms with Gasteiger partial charge in [0.05, 0.1) is 12.0 Å². The fraction of sp³-hybridized carbons (Fsp3) is 0.607. The predicted molar refractivity (Wildman–Crippen MR) is 129 cm³/mol. The summed E-state index contributed by atoms with van der Waals surface area (Å²) in [5.41, 5.74) is 0.507. The first-order chi connectivity index (χ1) is 15.2. The molecule has 0 amide bonds. The van der Waals surface area contributed by atoms with Gasteiger partial charge in [0, 0.05) is 12.8 Å². The van der Waals surface area contributed by atoms with Crippen molar-refractivity contribution in [2.24, 2.45) is 0 Å². The number of aliphatic hydroxyl groups is 1. The molecule has 170 valence electrons. The maximum absolute atomic E-state index is 12.5. The third-order valence-electron chi connectivity index (χ3n) is 5.20. The Labute approximate surface area is 190 Å². The maximum atomic E-state index is 12.5. The number of ether oxygens (including phenoxy) is 1. The molecular weight excluding hydrogens is 384 g/mol. The van der Waals surface area contributed by atoms with Crippen LogP contribution in [0.1, 0.15) is 108 Å². The lowest BCUT2D eigenvalue weighted by atomic mass is 10.0. The van der Waals surface area contributed by atoms with E-state index >= 15 is 0 Å². The Hall–Kier alpha value is -2.23. The average molecular weight is 425 g/mol. The molecule has 1 rings (SSSR count). The normalized spacial score (nSPS) is 12.1. The molecule has 0 saturated carbocycles. The van der Waals surface area contributed by atoms with E-state index < -0.39 is 12.2 Å². The van der Waals surface area contributed by atoms with Gasteiger partial charge < -0.3 is 9.84 Å². The van der Waals surface area contributed by atoms with Crippen LogP contribution in [0.2, 0.25) is 0 Å². The molecule has 2 atom stereocenters. The van der Waals surface area contributed by atoms with E-state index in [1.807, 2.05) is 25.1 Å². The molecule has 3 heteroatoms. The van der Waals surface area contributed by atoms with Crippen LogP contribution in [0, 0.1) is 23.7 Å². The van der Waals surface area contributed by atoms with Gasteiger partial charge in [-0.3, -0.25) is 0 Å². The summed E-state index contributed by atoms with van der Waals surface area (Å²) in [6, 6.07) is 8.95. The number of carbonyl (C=O) groups excluding carboxylic acids is 1. The van der Waals surface area contributed by atoms with E-state index in [1.165, 1.54) is 44.9 Å². The highest BCUT2D eigenvalue weighted by Gasteiger charge is 2.23. The monoisotopic (exact) mass is 424 g/mol. The third-order valence-corrected chi connectivity index (χ3v) is 5.20. The Kier molecular flexibility index (Phi) is 16.0. The molecule has 0 heterocycles. The van der Waals surface area contributed by atoms with Gasteiger partial charge in [0.25, 0.3) is 0 Å². The van der Waals surface area contributed by atoms with Crippen molar-refractivity contribution in [3.63, 3.8) is 0 Å². The van der Waals surface area contributed by atoms with Gasteiger partial charge in [-0.2, -0.15) is 0 Å². The quantitative estimate of drug-likeness (QED) is 0.205. The van der Waals surface area contributed by atoms with Crippen molar-refractivity contribution in [3.8, 4) is 23.7 Å². The summed E-state index contributed by atoms with van der Waals surface area (Å²) in [6.07, 6.45) is 12.0. The number of aliphatic hydroxyl groups excluding tert-OH is 1. The summed E-state index contributed by atoms with van der Waals surface area (Å²) in [5, 5.41) is 10.6. The number of unbranched alkanes of at least 4 members (excludes halogenated alkanes) is 8. The van der Waals surface area contributed by atoms with Crippen LogP contribution in [-0.2, 0) is 4.74 Å². The van der Waals surface area contributed by atoms with E-state index in [9.17, 15) is 9.90 Å². The van der Waals surface area contributed by atoms with Gasteiger partial charge in [-0.05, 0) is 25.0 Å². The highest BCUT2D eigenvalue weighted by atomic mass is 16.6. The number of hydrogen-bond acceptors (Lipinski definition) is 3. The molecule has 0 spiro atoms. The van der Waals surface area contributed by atoms with E-state index in [-0.39, 0.29) is 12.4 Å². The molecular formula is C28H40O3. The topological polar surface area (TPSA) is 46.5 Å². The first-order valence-corrected chi connectivity index (χ1v) is 12.0. The number of hydrogen-bond donors (Lipinski definition) is 1. The summed E-state index contributed by atoms with van der Waals surface area (Å²) < 4.78 is 5.68. The van der Waals surface area contributed by atoms with Gasteiger partial charge in [-0.25, -0.2) is 4.79 Å². The smallest absolute Gasteiger partial charge is 0.338 e. The van der Waals surface area contributed by atoms with E-state index in [4.69, 9.17) is 4.74 Å². The van der Waals surface area contributed by atoms with E-state index in [2.05, 4.69) is 30.6 Å². The number of benzene rings is 1. The molecule has 1 N–H and O–H groups in total. The van der Waals surface area contributed by atoms with Crippen LogP contribution in [-0.4, -0.2) is 23.3 Å². The molecule has 0 unspecified atom stereocenters. The van der Waals surface area contributed by atoms with Crippen molar-refractivity contribution in [2.45, 2.75) is 110 Å². The highest BCUT2D eigenvalue weighted by Crippen LogP contribution is 2.17. The third kappa shape index (κ3) is 13.6. The van der Waals surface area contributed by atoms with Crippen molar-refractivity contribution in [1.82, 2.24) is 0 Å². The predicted octanol–water partition coefficient (Wildman–Crippen LogP) is 6.69. The second-order valence-electron chi connectivity index (χ2n) is 7.94. The molecule has 0 radical (unpaired) electrons. The van der Waals surface area contributed by atoms with Crippen molar-refractivity contribution in [1.29, 1.82) is 0 Å². The van der Waals surface area contributed by atoms with Crippen molar-refractivity contribution in [3.05, 3.63) is 35.9 Å². The van der Waals surface area contributed by atoms with Gasteiger partial charge in [0.1, 0.15) is 12.2 Å². The van der Waals surface area contributed by atoms with Gasteiger partial charge >= 0.3 is 5.97 Å². The minimum Gasteiger partial charge on any atom is -0.456 e. The molecule has 0 bridgehead atoms. The highest BCUT2D eigenvalue weighted by molar-refractivity contribution is 5.89. The van der Waals surface area contributed by atoms with E-state index in [0.717, 1.165) is 19.3 Å². The largest absolute Gasteiger partial charge is 0.456 e. The van der Waals surface area contributed by atoms with Crippen molar-refractivity contribution < 1.29 is 14.6 Å².